The lowest BCUT2D eigenvalue weighted by Crippen LogP contribution is -2.28. The monoisotopic (exact) mass is 302 g/mol. The van der Waals surface area contributed by atoms with Gasteiger partial charge in [0, 0.05) is 19.2 Å². The molecule has 1 fully saturated rings. The van der Waals surface area contributed by atoms with Crippen molar-refractivity contribution in [1.29, 1.82) is 0 Å². The number of nitrogens with zero attached hydrogens (tertiary/aromatic N) is 2. The highest BCUT2D eigenvalue weighted by atomic mass is 16.2. The number of hydrogen-bond donors (Lipinski definition) is 0. The molecule has 120 valence electrons. The number of aldehydes is 1. The van der Waals surface area contributed by atoms with Gasteiger partial charge in [0.15, 0.2) is 6.29 Å². The molecule has 1 heterocycles. The topological polar surface area (TPSA) is 40.6 Å². The zero-order valence-corrected chi connectivity index (χ0v) is 13.5. The molecule has 0 unspecified atom stereocenters. The minimum Gasteiger partial charge on any atom is -0.342 e. The number of likely N-dealkylation sites (tertiary alicyclic amines) is 1. The van der Waals surface area contributed by atoms with Crippen molar-refractivity contribution >= 4 is 12.2 Å². The molecular formula is C18H26N2O2. The first-order valence-electron chi connectivity index (χ1n) is 8.24. The molecule has 1 aliphatic rings. The molecule has 1 saturated heterocycles. The SMILES string of the molecule is CN(CCCCCN1CCCC1)C(=O)c1ccccc1C=O. The lowest BCUT2D eigenvalue weighted by atomic mass is 10.1. The van der Waals surface area contributed by atoms with Crippen LogP contribution >= 0.6 is 0 Å². The molecule has 2 rings (SSSR count). The van der Waals surface area contributed by atoms with Crippen molar-refractivity contribution in [2.45, 2.75) is 32.1 Å². The van der Waals surface area contributed by atoms with Crippen LogP contribution in [0.5, 0.6) is 0 Å². The van der Waals surface area contributed by atoms with Gasteiger partial charge in [-0.3, -0.25) is 9.59 Å². The van der Waals surface area contributed by atoms with E-state index in [1.807, 2.05) is 7.05 Å². The van der Waals surface area contributed by atoms with Gasteiger partial charge in [0.2, 0.25) is 0 Å². The molecule has 1 aliphatic heterocycles. The van der Waals surface area contributed by atoms with Crippen LogP contribution < -0.4 is 0 Å². The first-order valence-corrected chi connectivity index (χ1v) is 8.24. The third-order valence-electron chi connectivity index (χ3n) is 4.33. The van der Waals surface area contributed by atoms with Gasteiger partial charge >= 0.3 is 0 Å². The van der Waals surface area contributed by atoms with Crippen LogP contribution in [0.4, 0.5) is 0 Å². The maximum absolute atomic E-state index is 12.4. The zero-order valence-electron chi connectivity index (χ0n) is 13.5. The van der Waals surface area contributed by atoms with Crippen molar-refractivity contribution in [3.8, 4) is 0 Å². The van der Waals surface area contributed by atoms with Gasteiger partial charge in [-0.1, -0.05) is 24.6 Å². The molecule has 4 heteroatoms. The predicted octanol–water partition coefficient (Wildman–Crippen LogP) is 2.84. The van der Waals surface area contributed by atoms with E-state index in [9.17, 15) is 9.59 Å². The molecule has 0 radical (unpaired) electrons. The molecule has 0 atom stereocenters. The number of hydrogen-bond acceptors (Lipinski definition) is 3. The van der Waals surface area contributed by atoms with Gasteiger partial charge in [0.05, 0.1) is 5.56 Å². The summed E-state index contributed by atoms with van der Waals surface area (Å²) in [6, 6.07) is 6.98. The second-order valence-electron chi connectivity index (χ2n) is 6.04. The molecule has 0 bridgehead atoms. The average Bonchev–Trinajstić information content (AvgIpc) is 3.07. The second kappa shape index (κ2) is 8.69. The van der Waals surface area contributed by atoms with Gasteiger partial charge in [-0.25, -0.2) is 0 Å². The standard InChI is InChI=1S/C18H26N2O2/c1-19(11-5-2-6-12-20-13-7-8-14-20)18(22)17-10-4-3-9-16(17)15-21/h3-4,9-10,15H,2,5-8,11-14H2,1H3. The highest BCUT2D eigenvalue weighted by Crippen LogP contribution is 2.11. The third-order valence-corrected chi connectivity index (χ3v) is 4.33. The molecular weight excluding hydrogens is 276 g/mol. The number of carbonyl (C=O) groups excluding carboxylic acids is 2. The van der Waals surface area contributed by atoms with Gasteiger partial charge in [0.25, 0.3) is 5.91 Å². The van der Waals surface area contributed by atoms with Gasteiger partial charge in [-0.2, -0.15) is 0 Å². The van der Waals surface area contributed by atoms with Crippen molar-refractivity contribution in [2.24, 2.45) is 0 Å². The summed E-state index contributed by atoms with van der Waals surface area (Å²) in [5.41, 5.74) is 0.963. The second-order valence-corrected chi connectivity index (χ2v) is 6.04. The van der Waals surface area contributed by atoms with Crippen LogP contribution in [0, 0.1) is 0 Å². The molecule has 0 N–H and O–H groups in total. The van der Waals surface area contributed by atoms with E-state index in [0.717, 1.165) is 25.7 Å². The quantitative estimate of drug-likeness (QED) is 0.547. The van der Waals surface area contributed by atoms with E-state index in [1.165, 1.54) is 38.9 Å². The van der Waals surface area contributed by atoms with Crippen molar-refractivity contribution in [1.82, 2.24) is 9.80 Å². The van der Waals surface area contributed by atoms with E-state index < -0.39 is 0 Å². The average molecular weight is 302 g/mol. The lowest BCUT2D eigenvalue weighted by molar-refractivity contribution is 0.0789. The first kappa shape index (κ1) is 16.7. The molecule has 0 spiro atoms. The number of carbonyl (C=O) groups is 2. The van der Waals surface area contributed by atoms with E-state index in [2.05, 4.69) is 4.90 Å². The van der Waals surface area contributed by atoms with Crippen molar-refractivity contribution in [3.05, 3.63) is 35.4 Å². The summed E-state index contributed by atoms with van der Waals surface area (Å²) in [5, 5.41) is 0. The van der Waals surface area contributed by atoms with Gasteiger partial charge in [-0.15, -0.1) is 0 Å². The summed E-state index contributed by atoms with van der Waals surface area (Å²) >= 11 is 0. The Hall–Kier alpha value is -1.68. The fraction of sp³-hybridized carbons (Fsp3) is 0.556. The Kier molecular flexibility index (Phi) is 6.59. The summed E-state index contributed by atoms with van der Waals surface area (Å²) in [7, 11) is 1.81. The Morgan fingerprint density at radius 3 is 2.64 bits per heavy atom. The molecule has 1 aromatic rings. The summed E-state index contributed by atoms with van der Waals surface area (Å²) in [5.74, 6) is -0.0674. The minimum absolute atomic E-state index is 0.0674. The Morgan fingerprint density at radius 2 is 1.91 bits per heavy atom. The predicted molar refractivity (Wildman–Crippen MR) is 88.3 cm³/mol. The van der Waals surface area contributed by atoms with E-state index in [0.29, 0.717) is 11.1 Å². The van der Waals surface area contributed by atoms with Crippen molar-refractivity contribution < 1.29 is 9.59 Å². The molecule has 1 amide bonds. The summed E-state index contributed by atoms with van der Waals surface area (Å²) in [4.78, 5) is 27.6. The number of amides is 1. The fourth-order valence-electron chi connectivity index (χ4n) is 2.97. The molecule has 4 nitrogen and oxygen atoms in total. The molecule has 0 aromatic heterocycles. The van der Waals surface area contributed by atoms with Crippen LogP contribution in [0.1, 0.15) is 52.8 Å². The van der Waals surface area contributed by atoms with Crippen LogP contribution in [0.15, 0.2) is 24.3 Å². The third kappa shape index (κ3) is 4.67. The fourth-order valence-corrected chi connectivity index (χ4v) is 2.97. The van der Waals surface area contributed by atoms with Crippen LogP contribution in [0.25, 0.3) is 0 Å². The Labute approximate surface area is 133 Å². The number of benzene rings is 1. The Bertz CT molecular complexity index is 496. The number of unbranched alkanes of at least 4 members (excludes halogenated alkanes) is 2. The largest absolute Gasteiger partial charge is 0.342 e. The van der Waals surface area contributed by atoms with Crippen LogP contribution in [-0.2, 0) is 0 Å². The molecule has 0 saturated carbocycles. The zero-order chi connectivity index (χ0) is 15.8. The normalized spacial score (nSPS) is 15.0. The molecule has 0 aliphatic carbocycles. The van der Waals surface area contributed by atoms with Crippen LogP contribution in [0.3, 0.4) is 0 Å². The summed E-state index contributed by atoms with van der Waals surface area (Å²) < 4.78 is 0. The Balaban J connectivity index is 1.70. The smallest absolute Gasteiger partial charge is 0.254 e. The van der Waals surface area contributed by atoms with E-state index in [4.69, 9.17) is 0 Å². The molecule has 22 heavy (non-hydrogen) atoms. The molecule has 1 aromatic carbocycles. The summed E-state index contributed by atoms with van der Waals surface area (Å²) in [6.07, 6.45) is 6.79. The van der Waals surface area contributed by atoms with Crippen LogP contribution in [-0.4, -0.2) is 55.2 Å². The van der Waals surface area contributed by atoms with Gasteiger partial charge < -0.3 is 9.80 Å². The summed E-state index contributed by atoms with van der Waals surface area (Å²) in [6.45, 7) is 4.43. The lowest BCUT2D eigenvalue weighted by Gasteiger charge is -2.18. The maximum atomic E-state index is 12.4. The van der Waals surface area contributed by atoms with Gasteiger partial charge in [-0.05, 0) is 51.4 Å². The first-order chi connectivity index (χ1) is 10.7. The minimum atomic E-state index is -0.0674. The van der Waals surface area contributed by atoms with E-state index in [-0.39, 0.29) is 5.91 Å². The van der Waals surface area contributed by atoms with Crippen molar-refractivity contribution in [3.63, 3.8) is 0 Å². The maximum Gasteiger partial charge on any atom is 0.254 e. The Morgan fingerprint density at radius 1 is 1.18 bits per heavy atom. The van der Waals surface area contributed by atoms with Crippen molar-refractivity contribution in [2.75, 3.05) is 33.2 Å². The number of rotatable bonds is 8. The van der Waals surface area contributed by atoms with Gasteiger partial charge in [0.1, 0.15) is 0 Å². The highest BCUT2D eigenvalue weighted by Gasteiger charge is 2.15. The van der Waals surface area contributed by atoms with E-state index >= 15 is 0 Å². The highest BCUT2D eigenvalue weighted by molar-refractivity contribution is 6.01. The van der Waals surface area contributed by atoms with Crippen LogP contribution in [0.2, 0.25) is 0 Å². The van der Waals surface area contributed by atoms with E-state index in [1.54, 1.807) is 29.2 Å².